The Labute approximate surface area is 110 Å². The average molecular weight is 254 g/mol. The topological polar surface area (TPSA) is 32.8 Å². The number of nitrogens with zero attached hydrogens (tertiary/aromatic N) is 2. The van der Waals surface area contributed by atoms with Crippen LogP contribution >= 0.6 is 0 Å². The molecule has 1 amide bonds. The van der Waals surface area contributed by atoms with E-state index in [4.69, 9.17) is 4.74 Å². The molecule has 0 aromatic rings. The summed E-state index contributed by atoms with van der Waals surface area (Å²) >= 11 is 0. The summed E-state index contributed by atoms with van der Waals surface area (Å²) in [5, 5.41) is 0. The second kappa shape index (κ2) is 5.08. The maximum atomic E-state index is 12.1. The fourth-order valence-corrected chi connectivity index (χ4v) is 3.14. The number of carbonyl (C=O) groups is 1. The second-order valence-electron chi connectivity index (χ2n) is 6.67. The summed E-state index contributed by atoms with van der Waals surface area (Å²) in [6, 6.07) is 0.664. The van der Waals surface area contributed by atoms with Gasteiger partial charge in [-0.3, -0.25) is 0 Å². The molecule has 2 fully saturated rings. The molecule has 2 heterocycles. The minimum Gasteiger partial charge on any atom is -0.444 e. The fraction of sp³-hybridized carbons (Fsp3) is 0.929. The first-order valence-electron chi connectivity index (χ1n) is 7.05. The zero-order valence-corrected chi connectivity index (χ0v) is 12.1. The van der Waals surface area contributed by atoms with Gasteiger partial charge in [0.15, 0.2) is 0 Å². The van der Waals surface area contributed by atoms with E-state index >= 15 is 0 Å². The summed E-state index contributed by atoms with van der Waals surface area (Å²) in [4.78, 5) is 16.4. The van der Waals surface area contributed by atoms with E-state index in [1.165, 1.54) is 19.4 Å². The van der Waals surface area contributed by atoms with Crippen molar-refractivity contribution in [2.45, 2.75) is 51.7 Å². The predicted molar refractivity (Wildman–Crippen MR) is 71.6 cm³/mol. The van der Waals surface area contributed by atoms with Crippen molar-refractivity contribution in [3.05, 3.63) is 0 Å². The Balaban J connectivity index is 1.92. The Morgan fingerprint density at radius 3 is 2.61 bits per heavy atom. The first-order chi connectivity index (χ1) is 8.37. The van der Waals surface area contributed by atoms with Crippen molar-refractivity contribution in [2.75, 3.05) is 26.7 Å². The molecule has 0 aliphatic carbocycles. The number of fused-ring (bicyclic) bond motifs is 1. The molecular formula is C14H26N2O2. The van der Waals surface area contributed by atoms with Crippen LogP contribution in [0.15, 0.2) is 0 Å². The maximum Gasteiger partial charge on any atom is 0.410 e. The van der Waals surface area contributed by atoms with Gasteiger partial charge in [0.2, 0.25) is 0 Å². The van der Waals surface area contributed by atoms with Crippen LogP contribution in [0.25, 0.3) is 0 Å². The van der Waals surface area contributed by atoms with E-state index in [0.717, 1.165) is 19.5 Å². The molecule has 104 valence electrons. The number of ether oxygens (including phenoxy) is 1. The van der Waals surface area contributed by atoms with Crippen LogP contribution in [0.2, 0.25) is 0 Å². The Kier molecular flexibility index (Phi) is 3.85. The van der Waals surface area contributed by atoms with Crippen LogP contribution in [0.3, 0.4) is 0 Å². The van der Waals surface area contributed by atoms with Gasteiger partial charge in [-0.25, -0.2) is 4.79 Å². The van der Waals surface area contributed by atoms with Crippen molar-refractivity contribution in [2.24, 2.45) is 5.92 Å². The molecule has 2 aliphatic rings. The summed E-state index contributed by atoms with van der Waals surface area (Å²) in [6.45, 7) is 8.67. The number of rotatable bonds is 0. The lowest BCUT2D eigenvalue weighted by Gasteiger charge is -2.45. The average Bonchev–Trinajstić information content (AvgIpc) is 2.26. The Morgan fingerprint density at radius 1 is 1.22 bits per heavy atom. The highest BCUT2D eigenvalue weighted by atomic mass is 16.6. The van der Waals surface area contributed by atoms with Gasteiger partial charge >= 0.3 is 6.09 Å². The molecule has 2 unspecified atom stereocenters. The number of piperidine rings is 2. The molecule has 0 bridgehead atoms. The number of hydrogen-bond donors (Lipinski definition) is 0. The molecule has 2 aliphatic heterocycles. The van der Waals surface area contributed by atoms with E-state index in [0.29, 0.717) is 12.0 Å². The van der Waals surface area contributed by atoms with E-state index in [1.54, 1.807) is 0 Å². The quantitative estimate of drug-likeness (QED) is 0.665. The van der Waals surface area contributed by atoms with Crippen molar-refractivity contribution in [3.63, 3.8) is 0 Å². The highest BCUT2D eigenvalue weighted by molar-refractivity contribution is 5.68. The molecule has 18 heavy (non-hydrogen) atoms. The van der Waals surface area contributed by atoms with E-state index in [1.807, 2.05) is 25.7 Å². The highest BCUT2D eigenvalue weighted by Crippen LogP contribution is 2.30. The van der Waals surface area contributed by atoms with E-state index in [2.05, 4.69) is 11.9 Å². The van der Waals surface area contributed by atoms with Crippen LogP contribution < -0.4 is 0 Å². The summed E-state index contributed by atoms with van der Waals surface area (Å²) in [5.41, 5.74) is -0.392. The third-order valence-corrected chi connectivity index (χ3v) is 4.00. The molecule has 0 spiro atoms. The van der Waals surface area contributed by atoms with Crippen LogP contribution in [-0.4, -0.2) is 54.2 Å². The second-order valence-corrected chi connectivity index (χ2v) is 6.67. The predicted octanol–water partition coefficient (Wildman–Crippen LogP) is 2.34. The summed E-state index contributed by atoms with van der Waals surface area (Å²) in [7, 11) is 2.21. The third kappa shape index (κ3) is 3.16. The van der Waals surface area contributed by atoms with Crippen LogP contribution in [0.4, 0.5) is 4.79 Å². The number of amides is 1. The standard InChI is InChI=1S/C14H26N2O2/c1-14(2,3)18-13(17)16-9-7-12-11(10-16)6-5-8-15(12)4/h11-12H,5-10H2,1-4H3. The van der Waals surface area contributed by atoms with Crippen molar-refractivity contribution in [1.82, 2.24) is 9.80 Å². The zero-order valence-electron chi connectivity index (χ0n) is 12.1. The summed E-state index contributed by atoms with van der Waals surface area (Å²) < 4.78 is 5.46. The van der Waals surface area contributed by atoms with Gasteiger partial charge in [-0.1, -0.05) is 0 Å². The molecule has 0 aromatic carbocycles. The molecule has 0 aromatic heterocycles. The van der Waals surface area contributed by atoms with Gasteiger partial charge in [-0.15, -0.1) is 0 Å². The Hall–Kier alpha value is -0.770. The van der Waals surface area contributed by atoms with Crippen LogP contribution in [-0.2, 0) is 4.74 Å². The highest BCUT2D eigenvalue weighted by Gasteiger charge is 2.36. The monoisotopic (exact) mass is 254 g/mol. The smallest absolute Gasteiger partial charge is 0.410 e. The van der Waals surface area contributed by atoms with Gasteiger partial charge < -0.3 is 14.5 Å². The maximum absolute atomic E-state index is 12.1. The lowest BCUT2D eigenvalue weighted by atomic mass is 9.84. The van der Waals surface area contributed by atoms with Crippen molar-refractivity contribution < 1.29 is 9.53 Å². The van der Waals surface area contributed by atoms with Gasteiger partial charge in [-0.2, -0.15) is 0 Å². The lowest BCUT2D eigenvalue weighted by Crippen LogP contribution is -2.54. The van der Waals surface area contributed by atoms with Gasteiger partial charge in [0.05, 0.1) is 0 Å². The van der Waals surface area contributed by atoms with E-state index in [-0.39, 0.29) is 6.09 Å². The molecule has 0 radical (unpaired) electrons. The molecular weight excluding hydrogens is 228 g/mol. The van der Waals surface area contributed by atoms with E-state index < -0.39 is 5.60 Å². The lowest BCUT2D eigenvalue weighted by molar-refractivity contribution is -0.00408. The normalized spacial score (nSPS) is 29.9. The number of likely N-dealkylation sites (tertiary alicyclic amines) is 2. The summed E-state index contributed by atoms with van der Waals surface area (Å²) in [6.07, 6.45) is 3.43. The minimum absolute atomic E-state index is 0.144. The van der Waals surface area contributed by atoms with Crippen molar-refractivity contribution in [3.8, 4) is 0 Å². The van der Waals surface area contributed by atoms with Gasteiger partial charge in [-0.05, 0) is 59.5 Å². The van der Waals surface area contributed by atoms with Gasteiger partial charge in [0.25, 0.3) is 0 Å². The molecule has 0 N–H and O–H groups in total. The van der Waals surface area contributed by atoms with E-state index in [9.17, 15) is 4.79 Å². The molecule has 2 rings (SSSR count). The molecule has 2 atom stereocenters. The number of carbonyl (C=O) groups excluding carboxylic acids is 1. The first-order valence-corrected chi connectivity index (χ1v) is 7.05. The van der Waals surface area contributed by atoms with Gasteiger partial charge in [0.1, 0.15) is 5.60 Å². The minimum atomic E-state index is -0.392. The number of hydrogen-bond acceptors (Lipinski definition) is 3. The van der Waals surface area contributed by atoms with Crippen LogP contribution in [0, 0.1) is 5.92 Å². The molecule has 4 nitrogen and oxygen atoms in total. The largest absolute Gasteiger partial charge is 0.444 e. The SMILES string of the molecule is CN1CCCC2CN(C(=O)OC(C)(C)C)CCC21. The molecule has 0 saturated carbocycles. The Morgan fingerprint density at radius 2 is 1.94 bits per heavy atom. The Bertz CT molecular complexity index is 311. The third-order valence-electron chi connectivity index (χ3n) is 4.00. The molecule has 2 saturated heterocycles. The van der Waals surface area contributed by atoms with Crippen LogP contribution in [0.1, 0.15) is 40.0 Å². The summed E-state index contributed by atoms with van der Waals surface area (Å²) in [5.74, 6) is 0.630. The van der Waals surface area contributed by atoms with Crippen molar-refractivity contribution >= 4 is 6.09 Å². The van der Waals surface area contributed by atoms with Gasteiger partial charge in [0, 0.05) is 19.1 Å². The first kappa shape index (κ1) is 13.7. The molecule has 4 heteroatoms. The van der Waals surface area contributed by atoms with Crippen LogP contribution in [0.5, 0.6) is 0 Å². The fourth-order valence-electron chi connectivity index (χ4n) is 3.14. The van der Waals surface area contributed by atoms with Crippen molar-refractivity contribution in [1.29, 1.82) is 0 Å². The zero-order chi connectivity index (χ0) is 13.3.